The lowest BCUT2D eigenvalue weighted by Crippen LogP contribution is -2.45. The highest BCUT2D eigenvalue weighted by atomic mass is 16.2. The number of nitrogens with one attached hydrogen (secondary N) is 1. The molecule has 1 fully saturated rings. The van der Waals surface area contributed by atoms with Crippen molar-refractivity contribution in [2.75, 3.05) is 6.54 Å². The van der Waals surface area contributed by atoms with E-state index >= 15 is 0 Å². The maximum Gasteiger partial charge on any atom is 0.274 e. The third kappa shape index (κ3) is 3.80. The Balaban J connectivity index is 1.98. The van der Waals surface area contributed by atoms with Crippen LogP contribution >= 0.6 is 0 Å². The van der Waals surface area contributed by atoms with E-state index in [-0.39, 0.29) is 23.4 Å². The van der Waals surface area contributed by atoms with E-state index in [1.807, 2.05) is 26.0 Å². The zero-order valence-corrected chi connectivity index (χ0v) is 15.6. The van der Waals surface area contributed by atoms with Crippen LogP contribution in [-0.4, -0.2) is 28.3 Å². The molecule has 0 aliphatic heterocycles. The summed E-state index contributed by atoms with van der Waals surface area (Å²) in [6.45, 7) is 5.11. The fourth-order valence-corrected chi connectivity index (χ4v) is 3.79. The van der Waals surface area contributed by atoms with Gasteiger partial charge in [-0.25, -0.2) is 4.68 Å². The summed E-state index contributed by atoms with van der Waals surface area (Å²) in [5, 5.41) is 8.69. The van der Waals surface area contributed by atoms with E-state index in [0.29, 0.717) is 35.5 Å². The minimum absolute atomic E-state index is 0.0762. The Bertz CT molecular complexity index is 843. The summed E-state index contributed by atoms with van der Waals surface area (Å²) in [4.78, 5) is 25.7. The molecule has 1 amide bonds. The number of fused-ring (bicyclic) bond motifs is 1. The van der Waals surface area contributed by atoms with Crippen LogP contribution in [0.25, 0.3) is 10.8 Å². The van der Waals surface area contributed by atoms with E-state index in [1.54, 1.807) is 12.1 Å². The van der Waals surface area contributed by atoms with Crippen LogP contribution in [0, 0.1) is 11.8 Å². The second kappa shape index (κ2) is 7.99. The van der Waals surface area contributed by atoms with Gasteiger partial charge in [0, 0.05) is 18.0 Å². The van der Waals surface area contributed by atoms with E-state index in [9.17, 15) is 9.59 Å². The number of carbonyl (C=O) groups excluding carboxylic acids is 1. The van der Waals surface area contributed by atoms with E-state index in [4.69, 9.17) is 5.73 Å². The predicted molar refractivity (Wildman–Crippen MR) is 103 cm³/mol. The van der Waals surface area contributed by atoms with Crippen molar-refractivity contribution in [1.82, 2.24) is 15.1 Å². The maximum absolute atomic E-state index is 13.0. The summed E-state index contributed by atoms with van der Waals surface area (Å²) in [6.07, 6.45) is 4.25. The molecule has 6 heteroatoms. The maximum atomic E-state index is 13.0. The van der Waals surface area contributed by atoms with Crippen molar-refractivity contribution < 1.29 is 4.79 Å². The van der Waals surface area contributed by atoms with Crippen LogP contribution in [0.5, 0.6) is 0 Å². The first-order valence-corrected chi connectivity index (χ1v) is 9.52. The van der Waals surface area contributed by atoms with Crippen LogP contribution in [0.3, 0.4) is 0 Å². The van der Waals surface area contributed by atoms with Crippen molar-refractivity contribution in [3.63, 3.8) is 0 Å². The fraction of sp³-hybridized carbons (Fsp3) is 0.550. The van der Waals surface area contributed by atoms with Crippen LogP contribution < -0.4 is 16.6 Å². The van der Waals surface area contributed by atoms with E-state index < -0.39 is 0 Å². The summed E-state index contributed by atoms with van der Waals surface area (Å²) < 4.78 is 1.42. The Morgan fingerprint density at radius 3 is 2.65 bits per heavy atom. The number of carbonyl (C=O) groups is 1. The van der Waals surface area contributed by atoms with Gasteiger partial charge in [-0.3, -0.25) is 9.59 Å². The number of hydrogen-bond acceptors (Lipinski definition) is 4. The highest BCUT2D eigenvalue weighted by molar-refractivity contribution is 6.04. The molecule has 1 aliphatic carbocycles. The number of hydrogen-bond donors (Lipinski definition) is 2. The van der Waals surface area contributed by atoms with Crippen LogP contribution in [0.1, 0.15) is 50.0 Å². The van der Waals surface area contributed by atoms with Gasteiger partial charge in [-0.2, -0.15) is 5.10 Å². The van der Waals surface area contributed by atoms with Crippen LogP contribution in [0.4, 0.5) is 0 Å². The average molecular weight is 356 g/mol. The molecule has 0 saturated heterocycles. The van der Waals surface area contributed by atoms with Gasteiger partial charge in [0.2, 0.25) is 0 Å². The number of amides is 1. The first-order chi connectivity index (χ1) is 12.5. The molecule has 1 aromatic carbocycles. The highest BCUT2D eigenvalue weighted by Crippen LogP contribution is 2.24. The molecule has 140 valence electrons. The Morgan fingerprint density at radius 2 is 1.96 bits per heavy atom. The third-order valence-corrected chi connectivity index (χ3v) is 5.15. The lowest BCUT2D eigenvalue weighted by atomic mass is 9.84. The third-order valence-electron chi connectivity index (χ3n) is 5.15. The van der Waals surface area contributed by atoms with Crippen LogP contribution in [-0.2, 0) is 6.54 Å². The number of rotatable bonds is 5. The second-order valence-corrected chi connectivity index (χ2v) is 7.64. The van der Waals surface area contributed by atoms with Gasteiger partial charge in [0.25, 0.3) is 11.5 Å². The lowest BCUT2D eigenvalue weighted by Gasteiger charge is -2.31. The fourth-order valence-electron chi connectivity index (χ4n) is 3.79. The van der Waals surface area contributed by atoms with Gasteiger partial charge in [-0.1, -0.05) is 44.9 Å². The monoisotopic (exact) mass is 356 g/mol. The first kappa shape index (κ1) is 18.6. The standard InChI is InChI=1S/C20H28N4O2/c1-13(2)12-24-20(26)16-9-5-4-8-15(16)18(23-24)19(25)22-17-10-6-3-7-14(17)11-21/h4-5,8-9,13-14,17H,3,6-7,10-12,21H2,1-2H3,(H,22,25). The number of nitrogens with two attached hydrogens (primary N) is 1. The number of benzene rings is 1. The molecular weight excluding hydrogens is 328 g/mol. The Morgan fingerprint density at radius 1 is 1.27 bits per heavy atom. The van der Waals surface area contributed by atoms with Crippen molar-refractivity contribution in [2.45, 2.75) is 52.1 Å². The molecule has 3 N–H and O–H groups in total. The minimum atomic E-state index is -0.218. The van der Waals surface area contributed by atoms with Gasteiger partial charge in [0.15, 0.2) is 5.69 Å². The van der Waals surface area contributed by atoms with Gasteiger partial charge >= 0.3 is 0 Å². The SMILES string of the molecule is CC(C)Cn1nc(C(=O)NC2CCCCC2CN)c2ccccc2c1=O. The molecule has 6 nitrogen and oxygen atoms in total. The highest BCUT2D eigenvalue weighted by Gasteiger charge is 2.27. The van der Waals surface area contributed by atoms with Crippen LogP contribution in [0.2, 0.25) is 0 Å². The molecule has 1 aromatic heterocycles. The summed E-state index contributed by atoms with van der Waals surface area (Å²) in [7, 11) is 0. The van der Waals surface area contributed by atoms with Crippen molar-refractivity contribution in [3.05, 3.63) is 40.3 Å². The molecule has 2 aromatic rings. The molecule has 0 radical (unpaired) electrons. The van der Waals surface area contributed by atoms with E-state index in [2.05, 4.69) is 10.4 Å². The predicted octanol–water partition coefficient (Wildman–Crippen LogP) is 2.30. The van der Waals surface area contributed by atoms with Gasteiger partial charge < -0.3 is 11.1 Å². The molecule has 2 atom stereocenters. The molecular formula is C20H28N4O2. The van der Waals surface area contributed by atoms with E-state index in [1.165, 1.54) is 4.68 Å². The largest absolute Gasteiger partial charge is 0.348 e. The molecule has 1 aliphatic rings. The Hall–Kier alpha value is -2.21. The Labute approximate surface area is 153 Å². The zero-order valence-electron chi connectivity index (χ0n) is 15.6. The summed E-state index contributed by atoms with van der Waals surface area (Å²) in [5.74, 6) is 0.349. The molecule has 26 heavy (non-hydrogen) atoms. The Kier molecular flexibility index (Phi) is 5.71. The number of nitrogens with zero attached hydrogens (tertiary/aromatic N) is 2. The smallest absolute Gasteiger partial charge is 0.274 e. The average Bonchev–Trinajstić information content (AvgIpc) is 2.64. The van der Waals surface area contributed by atoms with Gasteiger partial charge in [-0.15, -0.1) is 0 Å². The quantitative estimate of drug-likeness (QED) is 0.860. The molecule has 1 heterocycles. The van der Waals surface area contributed by atoms with Crippen molar-refractivity contribution in [2.24, 2.45) is 17.6 Å². The van der Waals surface area contributed by atoms with Crippen LogP contribution in [0.15, 0.2) is 29.1 Å². The minimum Gasteiger partial charge on any atom is -0.348 e. The zero-order chi connectivity index (χ0) is 18.7. The normalized spacial score (nSPS) is 20.5. The molecule has 0 spiro atoms. The molecule has 2 unspecified atom stereocenters. The molecule has 3 rings (SSSR count). The van der Waals surface area contributed by atoms with Gasteiger partial charge in [0.1, 0.15) is 0 Å². The molecule has 1 saturated carbocycles. The first-order valence-electron chi connectivity index (χ1n) is 9.52. The van der Waals surface area contributed by atoms with Crippen molar-refractivity contribution >= 4 is 16.7 Å². The lowest BCUT2D eigenvalue weighted by molar-refractivity contribution is 0.0902. The topological polar surface area (TPSA) is 90.0 Å². The number of aromatic nitrogens is 2. The van der Waals surface area contributed by atoms with Crippen molar-refractivity contribution in [1.29, 1.82) is 0 Å². The summed E-state index contributed by atoms with van der Waals surface area (Å²) >= 11 is 0. The summed E-state index contributed by atoms with van der Waals surface area (Å²) in [5.41, 5.74) is 6.06. The van der Waals surface area contributed by atoms with E-state index in [0.717, 1.165) is 25.7 Å². The van der Waals surface area contributed by atoms with Gasteiger partial charge in [0.05, 0.1) is 5.39 Å². The molecule has 0 bridgehead atoms. The van der Waals surface area contributed by atoms with Crippen molar-refractivity contribution in [3.8, 4) is 0 Å². The second-order valence-electron chi connectivity index (χ2n) is 7.64. The van der Waals surface area contributed by atoms with Gasteiger partial charge in [-0.05, 0) is 37.3 Å². The summed E-state index contributed by atoms with van der Waals surface area (Å²) in [6, 6.07) is 7.27.